The van der Waals surface area contributed by atoms with Gasteiger partial charge >= 0.3 is 0 Å². The molecular weight excluding hydrogens is 244 g/mol. The molecule has 0 heterocycles. The van der Waals surface area contributed by atoms with Crippen LogP contribution in [0.2, 0.25) is 0 Å². The van der Waals surface area contributed by atoms with Gasteiger partial charge in [-0.15, -0.1) is 0 Å². The highest BCUT2D eigenvalue weighted by atomic mass is 16.5. The topological polar surface area (TPSA) is 58.9 Å². The molecule has 1 rings (SSSR count). The van der Waals surface area contributed by atoms with Gasteiger partial charge in [0.15, 0.2) is 0 Å². The molecule has 0 amide bonds. The van der Waals surface area contributed by atoms with Crippen molar-refractivity contribution in [3.05, 3.63) is 35.4 Å². The Kier molecular flexibility index (Phi) is 7.02. The molecule has 0 radical (unpaired) electrons. The van der Waals surface area contributed by atoms with Crippen LogP contribution in [0.3, 0.4) is 0 Å². The normalized spacial score (nSPS) is 11.8. The molecule has 0 saturated heterocycles. The summed E-state index contributed by atoms with van der Waals surface area (Å²) < 4.78 is 10.3. The van der Waals surface area contributed by atoms with Gasteiger partial charge in [-0.3, -0.25) is 0 Å². The summed E-state index contributed by atoms with van der Waals surface area (Å²) in [4.78, 5) is 0. The molecule has 0 aliphatic rings. The number of rotatable bonds is 9. The Bertz CT molecular complexity index is 344. The fraction of sp³-hybridized carbons (Fsp3) is 0.600. The number of hydrogen-bond acceptors (Lipinski definition) is 4. The lowest BCUT2D eigenvalue weighted by molar-refractivity contribution is 0.0390. The zero-order valence-corrected chi connectivity index (χ0v) is 11.8. The van der Waals surface area contributed by atoms with Gasteiger partial charge in [0.05, 0.1) is 26.4 Å². The van der Waals surface area contributed by atoms with Crippen LogP contribution in [0, 0.1) is 6.92 Å². The van der Waals surface area contributed by atoms with Crippen LogP contribution in [0.25, 0.3) is 0 Å². The second-order valence-electron chi connectivity index (χ2n) is 4.82. The van der Waals surface area contributed by atoms with Crippen molar-refractivity contribution in [3.8, 4) is 0 Å². The Morgan fingerprint density at radius 3 is 2.16 bits per heavy atom. The Hall–Kier alpha value is -0.940. The number of methoxy groups -OCH3 is 1. The minimum Gasteiger partial charge on any atom is -0.395 e. The van der Waals surface area contributed by atoms with Crippen LogP contribution in [0.5, 0.6) is 0 Å². The van der Waals surface area contributed by atoms with Gasteiger partial charge in [0.1, 0.15) is 0 Å². The van der Waals surface area contributed by atoms with E-state index in [0.29, 0.717) is 26.2 Å². The van der Waals surface area contributed by atoms with Crippen LogP contribution in [0.1, 0.15) is 17.5 Å². The van der Waals surface area contributed by atoms with Crippen molar-refractivity contribution in [2.75, 3.05) is 40.1 Å². The molecule has 4 nitrogen and oxygen atoms in total. The van der Waals surface area contributed by atoms with E-state index in [1.165, 1.54) is 0 Å². The Balaban J connectivity index is 2.65. The van der Waals surface area contributed by atoms with Gasteiger partial charge in [0, 0.05) is 19.1 Å². The standard InChI is InChI=1S/C15H24O4/c1-13-3-5-14(6-4-13)15(11-16,12-17)7-8-19-10-9-18-2/h3-6,16-17H,7-12H2,1-2H3. The predicted octanol–water partition coefficient (Wildman–Crippen LogP) is 1.27. The highest BCUT2D eigenvalue weighted by Gasteiger charge is 2.30. The van der Waals surface area contributed by atoms with Gasteiger partial charge in [0.2, 0.25) is 0 Å². The summed E-state index contributed by atoms with van der Waals surface area (Å²) in [5, 5.41) is 19.3. The Labute approximate surface area is 115 Å². The van der Waals surface area contributed by atoms with Crippen LogP contribution in [0.15, 0.2) is 24.3 Å². The van der Waals surface area contributed by atoms with Crippen LogP contribution in [-0.4, -0.2) is 50.4 Å². The third-order valence-corrected chi connectivity index (χ3v) is 3.43. The molecule has 0 bridgehead atoms. The maximum Gasteiger partial charge on any atom is 0.0700 e. The Morgan fingerprint density at radius 2 is 1.63 bits per heavy atom. The third-order valence-electron chi connectivity index (χ3n) is 3.43. The molecule has 0 aliphatic carbocycles. The van der Waals surface area contributed by atoms with E-state index in [-0.39, 0.29) is 13.2 Å². The number of ether oxygens (including phenoxy) is 2. The smallest absolute Gasteiger partial charge is 0.0700 e. The quantitative estimate of drug-likeness (QED) is 0.662. The van der Waals surface area contributed by atoms with Crippen molar-refractivity contribution in [1.29, 1.82) is 0 Å². The number of hydrogen-bond donors (Lipinski definition) is 2. The van der Waals surface area contributed by atoms with Crippen LogP contribution >= 0.6 is 0 Å². The van der Waals surface area contributed by atoms with Gasteiger partial charge in [-0.1, -0.05) is 29.8 Å². The molecule has 1 aromatic carbocycles. The zero-order valence-electron chi connectivity index (χ0n) is 11.8. The molecule has 0 aliphatic heterocycles. The molecule has 4 heteroatoms. The number of aliphatic hydroxyl groups excluding tert-OH is 2. The van der Waals surface area contributed by atoms with Crippen molar-refractivity contribution in [2.45, 2.75) is 18.8 Å². The summed E-state index contributed by atoms with van der Waals surface area (Å²) in [6, 6.07) is 7.89. The van der Waals surface area contributed by atoms with Crippen molar-refractivity contribution < 1.29 is 19.7 Å². The van der Waals surface area contributed by atoms with Crippen molar-refractivity contribution in [1.82, 2.24) is 0 Å². The predicted molar refractivity (Wildman–Crippen MR) is 74.3 cm³/mol. The van der Waals surface area contributed by atoms with E-state index in [0.717, 1.165) is 11.1 Å². The van der Waals surface area contributed by atoms with Crippen molar-refractivity contribution in [3.63, 3.8) is 0 Å². The first kappa shape index (κ1) is 16.1. The SMILES string of the molecule is COCCOCCC(CO)(CO)c1ccc(C)cc1. The molecular formula is C15H24O4. The molecule has 0 aromatic heterocycles. The highest BCUT2D eigenvalue weighted by Crippen LogP contribution is 2.27. The highest BCUT2D eigenvalue weighted by molar-refractivity contribution is 5.29. The first-order valence-corrected chi connectivity index (χ1v) is 6.54. The summed E-state index contributed by atoms with van der Waals surface area (Å²) in [6.45, 7) is 3.38. The number of aryl methyl sites for hydroxylation is 1. The average molecular weight is 268 g/mol. The molecule has 0 atom stereocenters. The molecule has 0 spiro atoms. The second-order valence-corrected chi connectivity index (χ2v) is 4.82. The fourth-order valence-corrected chi connectivity index (χ4v) is 1.95. The van der Waals surface area contributed by atoms with Gasteiger partial charge < -0.3 is 19.7 Å². The average Bonchev–Trinajstić information content (AvgIpc) is 2.45. The van der Waals surface area contributed by atoms with E-state index in [1.54, 1.807) is 7.11 Å². The second kappa shape index (κ2) is 8.27. The molecule has 2 N–H and O–H groups in total. The van der Waals surface area contributed by atoms with Gasteiger partial charge in [0.25, 0.3) is 0 Å². The summed E-state index contributed by atoms with van der Waals surface area (Å²) in [5.41, 5.74) is 1.46. The van der Waals surface area contributed by atoms with Gasteiger partial charge in [-0.2, -0.15) is 0 Å². The van der Waals surface area contributed by atoms with Crippen LogP contribution in [-0.2, 0) is 14.9 Å². The van der Waals surface area contributed by atoms with Gasteiger partial charge in [-0.05, 0) is 18.9 Å². The molecule has 0 unspecified atom stereocenters. The van der Waals surface area contributed by atoms with Crippen molar-refractivity contribution in [2.24, 2.45) is 0 Å². The minimum atomic E-state index is -0.638. The first-order valence-electron chi connectivity index (χ1n) is 6.54. The monoisotopic (exact) mass is 268 g/mol. The summed E-state index contributed by atoms with van der Waals surface area (Å²) in [7, 11) is 1.63. The first-order chi connectivity index (χ1) is 9.18. The minimum absolute atomic E-state index is 0.0970. The van der Waals surface area contributed by atoms with E-state index < -0.39 is 5.41 Å². The third kappa shape index (κ3) is 4.58. The molecule has 0 fully saturated rings. The van der Waals surface area contributed by atoms with E-state index in [4.69, 9.17) is 9.47 Å². The van der Waals surface area contributed by atoms with Crippen LogP contribution in [0.4, 0.5) is 0 Å². The Morgan fingerprint density at radius 1 is 1.00 bits per heavy atom. The molecule has 0 saturated carbocycles. The lowest BCUT2D eigenvalue weighted by Gasteiger charge is -2.30. The van der Waals surface area contributed by atoms with E-state index >= 15 is 0 Å². The zero-order chi connectivity index (χ0) is 14.1. The maximum absolute atomic E-state index is 9.66. The number of benzene rings is 1. The van der Waals surface area contributed by atoms with Crippen molar-refractivity contribution >= 4 is 0 Å². The fourth-order valence-electron chi connectivity index (χ4n) is 1.95. The lowest BCUT2D eigenvalue weighted by atomic mass is 9.79. The maximum atomic E-state index is 9.66. The van der Waals surface area contributed by atoms with Crippen LogP contribution < -0.4 is 0 Å². The number of aliphatic hydroxyl groups is 2. The van der Waals surface area contributed by atoms with E-state index in [2.05, 4.69) is 0 Å². The summed E-state index contributed by atoms with van der Waals surface area (Å²) in [6.07, 6.45) is 0.576. The molecule has 108 valence electrons. The van der Waals surface area contributed by atoms with E-state index in [9.17, 15) is 10.2 Å². The van der Waals surface area contributed by atoms with Gasteiger partial charge in [-0.25, -0.2) is 0 Å². The van der Waals surface area contributed by atoms with E-state index in [1.807, 2.05) is 31.2 Å². The summed E-state index contributed by atoms with van der Waals surface area (Å²) in [5.74, 6) is 0. The summed E-state index contributed by atoms with van der Waals surface area (Å²) >= 11 is 0. The molecule has 1 aromatic rings. The lowest BCUT2D eigenvalue weighted by Crippen LogP contribution is -2.36. The largest absolute Gasteiger partial charge is 0.395 e. The molecule has 19 heavy (non-hydrogen) atoms.